The van der Waals surface area contributed by atoms with E-state index in [9.17, 15) is 5.11 Å². The highest BCUT2D eigenvalue weighted by molar-refractivity contribution is 5.82. The number of pyridine rings is 1. The Morgan fingerprint density at radius 3 is 2.38 bits per heavy atom. The summed E-state index contributed by atoms with van der Waals surface area (Å²) in [6, 6.07) is 17.8. The Morgan fingerprint density at radius 2 is 1.67 bits per heavy atom. The highest BCUT2D eigenvalue weighted by atomic mass is 16.3. The highest BCUT2D eigenvalue weighted by Crippen LogP contribution is 2.33. The molecule has 1 N–H and O–H groups in total. The van der Waals surface area contributed by atoms with Crippen molar-refractivity contribution in [3.63, 3.8) is 0 Å². The molecule has 0 fully saturated rings. The second-order valence-electron chi connectivity index (χ2n) is 6.37. The zero-order chi connectivity index (χ0) is 15.0. The summed E-state index contributed by atoms with van der Waals surface area (Å²) in [4.78, 5) is 4.64. The molecular formula is C19H19NO. The van der Waals surface area contributed by atoms with Crippen molar-refractivity contribution in [2.75, 3.05) is 0 Å². The zero-order valence-corrected chi connectivity index (χ0v) is 12.6. The molecule has 0 atom stereocenters. The number of phenolic OH excluding ortho intramolecular Hbond substituents is 1. The Hall–Kier alpha value is -2.35. The summed E-state index contributed by atoms with van der Waals surface area (Å²) in [5.74, 6) is 0.283. The molecule has 0 unspecified atom stereocenters. The van der Waals surface area contributed by atoms with E-state index in [4.69, 9.17) is 0 Å². The molecule has 0 bridgehead atoms. The molecule has 2 nitrogen and oxygen atoms in total. The summed E-state index contributed by atoms with van der Waals surface area (Å²) < 4.78 is 0. The number of nitrogens with zero attached hydrogens (tertiary/aromatic N) is 1. The molecule has 0 aliphatic carbocycles. The maximum absolute atomic E-state index is 10.3. The fourth-order valence-corrected chi connectivity index (χ4v) is 2.43. The molecular weight excluding hydrogens is 258 g/mol. The molecule has 21 heavy (non-hydrogen) atoms. The van der Waals surface area contributed by atoms with Crippen LogP contribution in [0, 0.1) is 0 Å². The van der Waals surface area contributed by atoms with Crippen LogP contribution in [0.4, 0.5) is 0 Å². The lowest BCUT2D eigenvalue weighted by Gasteiger charge is -2.20. The van der Waals surface area contributed by atoms with Gasteiger partial charge in [0.05, 0.1) is 11.2 Å². The normalized spacial score (nSPS) is 11.8. The van der Waals surface area contributed by atoms with Crippen molar-refractivity contribution in [3.05, 3.63) is 60.2 Å². The maximum Gasteiger partial charge on any atom is 0.125 e. The summed E-state index contributed by atoms with van der Waals surface area (Å²) in [6.45, 7) is 6.40. The first kappa shape index (κ1) is 13.6. The molecule has 1 aromatic heterocycles. The lowest BCUT2D eigenvalue weighted by molar-refractivity contribution is 0.473. The van der Waals surface area contributed by atoms with Crippen molar-refractivity contribution >= 4 is 10.9 Å². The Kier molecular flexibility index (Phi) is 3.17. The molecule has 106 valence electrons. The quantitative estimate of drug-likeness (QED) is 0.686. The molecule has 0 aliphatic rings. The molecule has 0 radical (unpaired) electrons. The van der Waals surface area contributed by atoms with Crippen molar-refractivity contribution < 1.29 is 5.11 Å². The van der Waals surface area contributed by atoms with Gasteiger partial charge in [-0.1, -0.05) is 51.1 Å². The number of aromatic nitrogens is 1. The predicted molar refractivity (Wildman–Crippen MR) is 87.5 cm³/mol. The van der Waals surface area contributed by atoms with E-state index in [1.165, 1.54) is 0 Å². The van der Waals surface area contributed by atoms with E-state index in [1.54, 1.807) is 0 Å². The number of benzene rings is 2. The molecule has 2 aromatic carbocycles. The van der Waals surface area contributed by atoms with Gasteiger partial charge in [0.1, 0.15) is 5.75 Å². The van der Waals surface area contributed by atoms with Gasteiger partial charge in [0.15, 0.2) is 0 Å². The molecule has 2 heteroatoms. The lowest BCUT2D eigenvalue weighted by atomic mass is 9.86. The molecule has 3 aromatic rings. The van der Waals surface area contributed by atoms with Crippen molar-refractivity contribution in [2.45, 2.75) is 26.2 Å². The van der Waals surface area contributed by atoms with Crippen LogP contribution in [0.25, 0.3) is 22.2 Å². The minimum Gasteiger partial charge on any atom is -0.507 e. The van der Waals surface area contributed by atoms with Crippen LogP contribution in [0.5, 0.6) is 5.75 Å². The monoisotopic (exact) mass is 277 g/mol. The Bertz CT molecular complexity index is 800. The minimum absolute atomic E-state index is 0.0207. The largest absolute Gasteiger partial charge is 0.507 e. The summed E-state index contributed by atoms with van der Waals surface area (Å²) in [5, 5.41) is 11.4. The van der Waals surface area contributed by atoms with Gasteiger partial charge in [-0.25, -0.2) is 4.98 Å². The van der Waals surface area contributed by atoms with Gasteiger partial charge in [-0.15, -0.1) is 0 Å². The minimum atomic E-state index is 0.0207. The van der Waals surface area contributed by atoms with Crippen LogP contribution >= 0.6 is 0 Å². The van der Waals surface area contributed by atoms with Crippen molar-refractivity contribution in [1.29, 1.82) is 0 Å². The average molecular weight is 277 g/mol. The zero-order valence-electron chi connectivity index (χ0n) is 12.6. The molecule has 0 amide bonds. The van der Waals surface area contributed by atoms with Crippen LogP contribution in [-0.2, 0) is 5.41 Å². The maximum atomic E-state index is 10.3. The molecule has 1 heterocycles. The van der Waals surface area contributed by atoms with Gasteiger partial charge in [0.25, 0.3) is 0 Å². The van der Waals surface area contributed by atoms with Gasteiger partial charge in [-0.05, 0) is 35.2 Å². The lowest BCUT2D eigenvalue weighted by Crippen LogP contribution is -2.10. The molecule has 0 aliphatic heterocycles. The van der Waals surface area contributed by atoms with Crippen LogP contribution < -0.4 is 0 Å². The first-order chi connectivity index (χ1) is 9.95. The van der Waals surface area contributed by atoms with E-state index in [0.717, 1.165) is 27.7 Å². The van der Waals surface area contributed by atoms with Crippen molar-refractivity contribution in [2.24, 2.45) is 0 Å². The summed E-state index contributed by atoms with van der Waals surface area (Å²) in [5.41, 5.74) is 3.64. The predicted octanol–water partition coefficient (Wildman–Crippen LogP) is 4.90. The fourth-order valence-electron chi connectivity index (χ4n) is 2.43. The number of para-hydroxylation sites is 1. The third-order valence-corrected chi connectivity index (χ3v) is 3.74. The third-order valence-electron chi connectivity index (χ3n) is 3.74. The Morgan fingerprint density at radius 1 is 0.905 bits per heavy atom. The van der Waals surface area contributed by atoms with Gasteiger partial charge < -0.3 is 5.11 Å². The summed E-state index contributed by atoms with van der Waals surface area (Å²) >= 11 is 0. The van der Waals surface area contributed by atoms with Crippen LogP contribution in [-0.4, -0.2) is 10.1 Å². The van der Waals surface area contributed by atoms with Crippen molar-refractivity contribution in [1.82, 2.24) is 4.98 Å². The highest BCUT2D eigenvalue weighted by Gasteiger charge is 2.16. The molecule has 0 saturated carbocycles. The Balaban J connectivity index is 2.10. The molecule has 0 spiro atoms. The summed E-state index contributed by atoms with van der Waals surface area (Å²) in [6.07, 6.45) is 0. The van der Waals surface area contributed by atoms with Crippen LogP contribution in [0.2, 0.25) is 0 Å². The van der Waals surface area contributed by atoms with E-state index in [-0.39, 0.29) is 11.2 Å². The number of hydrogen-bond acceptors (Lipinski definition) is 2. The summed E-state index contributed by atoms with van der Waals surface area (Å²) in [7, 11) is 0. The van der Waals surface area contributed by atoms with Crippen LogP contribution in [0.15, 0.2) is 54.6 Å². The fraction of sp³-hybridized carbons (Fsp3) is 0.211. The van der Waals surface area contributed by atoms with Gasteiger partial charge >= 0.3 is 0 Å². The number of fused-ring (bicyclic) bond motifs is 1. The van der Waals surface area contributed by atoms with Crippen molar-refractivity contribution in [3.8, 4) is 17.0 Å². The first-order valence-corrected chi connectivity index (χ1v) is 7.15. The topological polar surface area (TPSA) is 33.1 Å². The smallest absolute Gasteiger partial charge is 0.125 e. The first-order valence-electron chi connectivity index (χ1n) is 7.15. The average Bonchev–Trinajstić information content (AvgIpc) is 2.45. The number of phenols is 1. The van der Waals surface area contributed by atoms with E-state index in [0.29, 0.717) is 0 Å². The molecule has 0 saturated heterocycles. The van der Waals surface area contributed by atoms with Gasteiger partial charge in [-0.3, -0.25) is 0 Å². The SMILES string of the molecule is CC(C)(C)c1ccc(-c2ccc3ccccc3n2)c(O)c1. The van der Waals surface area contributed by atoms with E-state index in [1.807, 2.05) is 48.5 Å². The number of rotatable bonds is 1. The van der Waals surface area contributed by atoms with Crippen LogP contribution in [0.3, 0.4) is 0 Å². The van der Waals surface area contributed by atoms with Crippen LogP contribution in [0.1, 0.15) is 26.3 Å². The second kappa shape index (κ2) is 4.88. The van der Waals surface area contributed by atoms with Gasteiger partial charge in [-0.2, -0.15) is 0 Å². The van der Waals surface area contributed by atoms with Gasteiger partial charge in [0, 0.05) is 10.9 Å². The second-order valence-corrected chi connectivity index (χ2v) is 6.37. The third kappa shape index (κ3) is 2.62. The number of aromatic hydroxyl groups is 1. The van der Waals surface area contributed by atoms with Gasteiger partial charge in [0.2, 0.25) is 0 Å². The van der Waals surface area contributed by atoms with E-state index >= 15 is 0 Å². The van der Waals surface area contributed by atoms with E-state index < -0.39 is 0 Å². The van der Waals surface area contributed by atoms with E-state index in [2.05, 4.69) is 31.8 Å². The molecule has 3 rings (SSSR count). The Labute approximate surface area is 125 Å². The number of hydrogen-bond donors (Lipinski definition) is 1. The standard InChI is InChI=1S/C19H19NO/c1-19(2,3)14-9-10-15(18(21)12-14)17-11-8-13-6-4-5-7-16(13)20-17/h4-12,21H,1-3H3.